The molecule has 2 rings (SSSR count). The molecule has 0 aliphatic carbocycles. The third-order valence-corrected chi connectivity index (χ3v) is 3.36. The Kier molecular flexibility index (Phi) is 4.81. The number of aromatic nitrogens is 2. The van der Waals surface area contributed by atoms with E-state index >= 15 is 0 Å². The Labute approximate surface area is 129 Å². The number of benzene rings is 1. The van der Waals surface area contributed by atoms with E-state index in [9.17, 15) is 9.18 Å². The molecule has 0 saturated carbocycles. The third-order valence-electron chi connectivity index (χ3n) is 2.28. The first-order chi connectivity index (χ1) is 9.94. The van der Waals surface area contributed by atoms with Crippen molar-refractivity contribution in [2.75, 3.05) is 22.5 Å². The molecule has 1 amide bonds. The molecule has 5 N–H and O–H groups in total. The van der Waals surface area contributed by atoms with Crippen molar-refractivity contribution in [2.45, 2.75) is 5.16 Å². The molecule has 21 heavy (non-hydrogen) atoms. The Morgan fingerprint density at radius 1 is 1.29 bits per heavy atom. The fourth-order valence-electron chi connectivity index (χ4n) is 1.44. The molecule has 0 atom stereocenters. The van der Waals surface area contributed by atoms with E-state index in [0.717, 1.165) is 11.8 Å². The van der Waals surface area contributed by atoms with Crippen LogP contribution in [0, 0.1) is 5.82 Å². The summed E-state index contributed by atoms with van der Waals surface area (Å²) in [5, 5.41) is 3.01. The van der Waals surface area contributed by atoms with Gasteiger partial charge >= 0.3 is 0 Å². The first-order valence-electron chi connectivity index (χ1n) is 5.72. The van der Waals surface area contributed by atoms with E-state index < -0.39 is 11.7 Å². The fourth-order valence-corrected chi connectivity index (χ4v) is 2.28. The Morgan fingerprint density at radius 2 is 1.95 bits per heavy atom. The highest BCUT2D eigenvalue weighted by Crippen LogP contribution is 2.21. The first kappa shape index (κ1) is 15.3. The third kappa shape index (κ3) is 4.47. The summed E-state index contributed by atoms with van der Waals surface area (Å²) in [5.74, 6) is -0.583. The molecule has 110 valence electrons. The summed E-state index contributed by atoms with van der Waals surface area (Å²) in [5.41, 5.74) is 11.0. The quantitative estimate of drug-likeness (QED) is 0.587. The second kappa shape index (κ2) is 6.59. The van der Waals surface area contributed by atoms with Crippen LogP contribution in [0.5, 0.6) is 0 Å². The monoisotopic (exact) mass is 327 g/mol. The Balaban J connectivity index is 1.97. The van der Waals surface area contributed by atoms with Crippen LogP contribution in [0.25, 0.3) is 0 Å². The molecule has 0 saturated heterocycles. The number of hydrogen-bond acceptors (Lipinski definition) is 6. The number of carbonyl (C=O) groups is 1. The van der Waals surface area contributed by atoms with E-state index in [4.69, 9.17) is 23.1 Å². The maximum Gasteiger partial charge on any atom is 0.234 e. The van der Waals surface area contributed by atoms with Crippen LogP contribution in [0.1, 0.15) is 0 Å². The molecule has 0 radical (unpaired) electrons. The molecule has 1 heterocycles. The van der Waals surface area contributed by atoms with Crippen molar-refractivity contribution < 1.29 is 9.18 Å². The molecule has 6 nitrogen and oxygen atoms in total. The molecule has 9 heteroatoms. The van der Waals surface area contributed by atoms with Gasteiger partial charge in [0.1, 0.15) is 17.5 Å². The average molecular weight is 328 g/mol. The molecule has 0 spiro atoms. The first-order valence-corrected chi connectivity index (χ1v) is 7.08. The lowest BCUT2D eigenvalue weighted by molar-refractivity contribution is -0.113. The van der Waals surface area contributed by atoms with Crippen molar-refractivity contribution in [1.82, 2.24) is 9.97 Å². The molecule has 1 aromatic carbocycles. The van der Waals surface area contributed by atoms with E-state index in [-0.39, 0.29) is 28.2 Å². The van der Waals surface area contributed by atoms with Gasteiger partial charge in [0.25, 0.3) is 0 Å². The van der Waals surface area contributed by atoms with Crippen LogP contribution in [-0.2, 0) is 4.79 Å². The van der Waals surface area contributed by atoms with Crippen LogP contribution in [0.2, 0.25) is 5.02 Å². The van der Waals surface area contributed by atoms with Crippen molar-refractivity contribution in [2.24, 2.45) is 0 Å². The second-order valence-corrected chi connectivity index (χ2v) is 5.34. The summed E-state index contributed by atoms with van der Waals surface area (Å²) >= 11 is 6.77. The highest BCUT2D eigenvalue weighted by molar-refractivity contribution is 7.99. The molecule has 0 fully saturated rings. The van der Waals surface area contributed by atoms with Gasteiger partial charge in [0, 0.05) is 11.1 Å². The number of hydrogen-bond donors (Lipinski definition) is 3. The van der Waals surface area contributed by atoms with Gasteiger partial charge in [-0.25, -0.2) is 14.4 Å². The largest absolute Gasteiger partial charge is 0.383 e. The lowest BCUT2D eigenvalue weighted by Gasteiger charge is -2.06. The van der Waals surface area contributed by atoms with Crippen LogP contribution in [-0.4, -0.2) is 21.6 Å². The standard InChI is InChI=1S/C12H11ClFN5OS/c13-6-1-2-7(14)8(3-6)17-11(20)5-21-12-18-9(15)4-10(16)19-12/h1-4H,5H2,(H,17,20)(H4,15,16,18,19). The second-order valence-electron chi connectivity index (χ2n) is 3.96. The number of amides is 1. The van der Waals surface area contributed by atoms with Gasteiger partial charge in [-0.15, -0.1) is 0 Å². The van der Waals surface area contributed by atoms with Crippen molar-refractivity contribution in [3.8, 4) is 0 Å². The topological polar surface area (TPSA) is 107 Å². The van der Waals surface area contributed by atoms with E-state index in [1.807, 2.05) is 0 Å². The maximum atomic E-state index is 13.5. The van der Waals surface area contributed by atoms with Crippen LogP contribution in [0.3, 0.4) is 0 Å². The summed E-state index contributed by atoms with van der Waals surface area (Å²) in [4.78, 5) is 19.6. The number of nitrogens with one attached hydrogen (secondary N) is 1. The molecule has 2 aromatic rings. The van der Waals surface area contributed by atoms with Crippen LogP contribution in [0.15, 0.2) is 29.4 Å². The van der Waals surface area contributed by atoms with Gasteiger partial charge in [-0.05, 0) is 18.2 Å². The van der Waals surface area contributed by atoms with Crippen molar-refractivity contribution in [3.63, 3.8) is 0 Å². The van der Waals surface area contributed by atoms with Gasteiger partial charge in [0.2, 0.25) is 5.91 Å². The molecule has 1 aromatic heterocycles. The van der Waals surface area contributed by atoms with Crippen LogP contribution in [0.4, 0.5) is 21.7 Å². The number of nitrogen functional groups attached to an aromatic ring is 2. The minimum atomic E-state index is -0.567. The van der Waals surface area contributed by atoms with E-state index in [1.165, 1.54) is 24.3 Å². The van der Waals surface area contributed by atoms with Gasteiger partial charge in [-0.2, -0.15) is 0 Å². The minimum Gasteiger partial charge on any atom is -0.383 e. The van der Waals surface area contributed by atoms with Crippen molar-refractivity contribution in [3.05, 3.63) is 35.1 Å². The number of carbonyl (C=O) groups excluding carboxylic acids is 1. The highest BCUT2D eigenvalue weighted by Gasteiger charge is 2.10. The zero-order valence-corrected chi connectivity index (χ0v) is 12.2. The van der Waals surface area contributed by atoms with E-state index in [1.54, 1.807) is 0 Å². The lowest BCUT2D eigenvalue weighted by atomic mass is 10.3. The normalized spacial score (nSPS) is 10.4. The lowest BCUT2D eigenvalue weighted by Crippen LogP contribution is -2.15. The smallest absolute Gasteiger partial charge is 0.234 e. The zero-order chi connectivity index (χ0) is 15.4. The van der Waals surface area contributed by atoms with E-state index in [0.29, 0.717) is 5.02 Å². The molecule has 0 aliphatic rings. The molecule has 0 unspecified atom stereocenters. The zero-order valence-electron chi connectivity index (χ0n) is 10.6. The fraction of sp³-hybridized carbons (Fsp3) is 0.0833. The van der Waals surface area contributed by atoms with Crippen LogP contribution < -0.4 is 16.8 Å². The molecular weight excluding hydrogens is 317 g/mol. The Bertz CT molecular complexity index is 664. The summed E-state index contributed by atoms with van der Waals surface area (Å²) < 4.78 is 13.5. The minimum absolute atomic E-state index is 0.0149. The van der Waals surface area contributed by atoms with Crippen molar-refractivity contribution in [1.29, 1.82) is 0 Å². The number of rotatable bonds is 4. The molecule has 0 aliphatic heterocycles. The van der Waals surface area contributed by atoms with Gasteiger partial charge < -0.3 is 16.8 Å². The Morgan fingerprint density at radius 3 is 2.62 bits per heavy atom. The molecule has 0 bridgehead atoms. The van der Waals surface area contributed by atoms with Gasteiger partial charge in [0.15, 0.2) is 5.16 Å². The molecular formula is C12H11ClFN5OS. The number of halogens is 2. The SMILES string of the molecule is Nc1cc(N)nc(SCC(=O)Nc2cc(Cl)ccc2F)n1. The van der Waals surface area contributed by atoms with Crippen LogP contribution >= 0.6 is 23.4 Å². The average Bonchev–Trinajstić information content (AvgIpc) is 2.40. The summed E-state index contributed by atoms with van der Waals surface area (Å²) in [7, 11) is 0. The van der Waals surface area contributed by atoms with Gasteiger partial charge in [-0.3, -0.25) is 4.79 Å². The highest BCUT2D eigenvalue weighted by atomic mass is 35.5. The number of nitrogens with two attached hydrogens (primary N) is 2. The predicted molar refractivity (Wildman–Crippen MR) is 81.6 cm³/mol. The summed E-state index contributed by atoms with van der Waals surface area (Å²) in [6, 6.07) is 5.30. The number of nitrogens with zero attached hydrogens (tertiary/aromatic N) is 2. The van der Waals surface area contributed by atoms with Gasteiger partial charge in [-0.1, -0.05) is 23.4 Å². The van der Waals surface area contributed by atoms with Crippen molar-refractivity contribution >= 4 is 46.6 Å². The number of thioether (sulfide) groups is 1. The maximum absolute atomic E-state index is 13.5. The summed E-state index contributed by atoms with van der Waals surface area (Å²) in [6.07, 6.45) is 0. The predicted octanol–water partition coefficient (Wildman–Crippen LogP) is 2.16. The van der Waals surface area contributed by atoms with Gasteiger partial charge in [0.05, 0.1) is 11.4 Å². The number of anilines is 3. The van der Waals surface area contributed by atoms with E-state index in [2.05, 4.69) is 15.3 Å². The Hall–Kier alpha value is -2.06. The summed E-state index contributed by atoms with van der Waals surface area (Å²) in [6.45, 7) is 0.